The molecule has 0 atom stereocenters. The molecule has 2 aromatic rings. The molecule has 8 heteroatoms. The fourth-order valence-corrected chi connectivity index (χ4v) is 2.95. The zero-order chi connectivity index (χ0) is 14.5. The molecule has 0 bridgehead atoms. The van der Waals surface area contributed by atoms with Crippen molar-refractivity contribution in [3.05, 3.63) is 38.5 Å². The van der Waals surface area contributed by atoms with Gasteiger partial charge in [-0.2, -0.15) is 0 Å². The predicted octanol–water partition coefficient (Wildman–Crippen LogP) is 2.24. The van der Waals surface area contributed by atoms with Crippen molar-refractivity contribution in [3.63, 3.8) is 0 Å². The molecule has 2 heterocycles. The highest BCUT2D eigenvalue weighted by atomic mass is 32.1. The van der Waals surface area contributed by atoms with E-state index in [9.17, 15) is 9.59 Å². The van der Waals surface area contributed by atoms with Crippen molar-refractivity contribution in [2.75, 3.05) is 7.05 Å². The number of carboxylic acid groups (broad SMARTS) is 1. The smallest absolute Gasteiger partial charge is 0.355 e. The first kappa shape index (κ1) is 14.5. The number of aromatic carboxylic acids is 1. The van der Waals surface area contributed by atoms with Gasteiger partial charge in [0.05, 0.1) is 13.1 Å². The minimum absolute atomic E-state index is 0.00573. The van der Waals surface area contributed by atoms with Crippen LogP contribution in [0.2, 0.25) is 0 Å². The summed E-state index contributed by atoms with van der Waals surface area (Å²) in [4.78, 5) is 29.1. The maximum absolute atomic E-state index is 11.9. The fraction of sp³-hybridized carbons (Fsp3) is 0.250. The normalized spacial score (nSPS) is 10.2. The Morgan fingerprint density at radius 3 is 2.85 bits per heavy atom. The number of carbonyl (C=O) groups excluding carboxylic acids is 1. The molecule has 0 aromatic carbocycles. The van der Waals surface area contributed by atoms with Crippen LogP contribution in [0.4, 0.5) is 4.79 Å². The van der Waals surface area contributed by atoms with Gasteiger partial charge in [0, 0.05) is 17.3 Å². The van der Waals surface area contributed by atoms with Crippen LogP contribution in [-0.2, 0) is 13.1 Å². The molecular weight excluding hydrogens is 298 g/mol. The van der Waals surface area contributed by atoms with E-state index in [1.54, 1.807) is 23.3 Å². The van der Waals surface area contributed by atoms with E-state index in [0.717, 1.165) is 4.88 Å². The lowest BCUT2D eigenvalue weighted by Gasteiger charge is -2.16. The molecule has 0 fully saturated rings. The first-order chi connectivity index (χ1) is 9.56. The first-order valence-electron chi connectivity index (χ1n) is 5.75. The van der Waals surface area contributed by atoms with Crippen molar-refractivity contribution in [3.8, 4) is 0 Å². The zero-order valence-electron chi connectivity index (χ0n) is 10.7. The summed E-state index contributed by atoms with van der Waals surface area (Å²) < 4.78 is 0. The molecule has 20 heavy (non-hydrogen) atoms. The van der Waals surface area contributed by atoms with E-state index in [0.29, 0.717) is 11.6 Å². The molecule has 2 amide bonds. The van der Waals surface area contributed by atoms with Crippen LogP contribution in [0.3, 0.4) is 0 Å². The summed E-state index contributed by atoms with van der Waals surface area (Å²) in [7, 11) is 1.71. The van der Waals surface area contributed by atoms with E-state index in [1.807, 2.05) is 17.5 Å². The predicted molar refractivity (Wildman–Crippen MR) is 77.1 cm³/mol. The van der Waals surface area contributed by atoms with Crippen LogP contribution >= 0.6 is 22.7 Å². The number of carboxylic acids is 1. The number of aromatic nitrogens is 1. The largest absolute Gasteiger partial charge is 0.476 e. The second-order valence-corrected chi connectivity index (χ2v) is 6.00. The van der Waals surface area contributed by atoms with E-state index < -0.39 is 5.97 Å². The van der Waals surface area contributed by atoms with Gasteiger partial charge in [-0.25, -0.2) is 14.6 Å². The van der Waals surface area contributed by atoms with Crippen molar-refractivity contribution < 1.29 is 14.7 Å². The van der Waals surface area contributed by atoms with Crippen LogP contribution in [0.1, 0.15) is 20.4 Å². The van der Waals surface area contributed by atoms with E-state index >= 15 is 0 Å². The third-order valence-electron chi connectivity index (χ3n) is 2.48. The second kappa shape index (κ2) is 6.49. The van der Waals surface area contributed by atoms with E-state index in [1.165, 1.54) is 16.7 Å². The first-order valence-corrected chi connectivity index (χ1v) is 7.51. The average molecular weight is 311 g/mol. The number of nitrogens with one attached hydrogen (secondary N) is 1. The maximum Gasteiger partial charge on any atom is 0.355 e. The molecule has 0 aliphatic rings. The van der Waals surface area contributed by atoms with Gasteiger partial charge in [-0.15, -0.1) is 22.7 Å². The molecule has 0 saturated heterocycles. The topological polar surface area (TPSA) is 82.5 Å². The minimum atomic E-state index is -1.06. The van der Waals surface area contributed by atoms with E-state index in [2.05, 4.69) is 10.3 Å². The number of urea groups is 1. The van der Waals surface area contributed by atoms with Crippen LogP contribution in [-0.4, -0.2) is 34.0 Å². The SMILES string of the molecule is CN(Cc1cccs1)C(=O)NCc1nc(C(=O)O)cs1. The molecule has 0 aliphatic carbocycles. The van der Waals surface area contributed by atoms with E-state index in [-0.39, 0.29) is 18.3 Å². The lowest BCUT2D eigenvalue weighted by atomic mass is 10.4. The maximum atomic E-state index is 11.9. The summed E-state index contributed by atoms with van der Waals surface area (Å²) >= 11 is 2.81. The van der Waals surface area contributed by atoms with Crippen LogP contribution in [0.5, 0.6) is 0 Å². The molecule has 0 saturated carbocycles. The van der Waals surface area contributed by atoms with Gasteiger partial charge >= 0.3 is 12.0 Å². The molecular formula is C12H13N3O3S2. The van der Waals surface area contributed by atoms with Gasteiger partial charge in [0.1, 0.15) is 5.01 Å². The molecule has 6 nitrogen and oxygen atoms in total. The Labute approximate surface area is 123 Å². The number of amides is 2. The molecule has 2 N–H and O–H groups in total. The standard InChI is InChI=1S/C12H13N3O3S2/c1-15(6-8-3-2-4-19-8)12(18)13-5-10-14-9(7-20-10)11(16)17/h2-4,7H,5-6H2,1H3,(H,13,18)(H,16,17). The van der Waals surface area contributed by atoms with Gasteiger partial charge in [0.25, 0.3) is 0 Å². The minimum Gasteiger partial charge on any atom is -0.476 e. The van der Waals surface area contributed by atoms with E-state index in [4.69, 9.17) is 5.11 Å². The van der Waals surface area contributed by atoms with Gasteiger partial charge in [-0.05, 0) is 11.4 Å². The molecule has 0 radical (unpaired) electrons. The Morgan fingerprint density at radius 1 is 1.45 bits per heavy atom. The van der Waals surface area contributed by atoms with Gasteiger partial charge in [0.15, 0.2) is 5.69 Å². The quantitative estimate of drug-likeness (QED) is 0.887. The van der Waals surface area contributed by atoms with Crippen LogP contribution in [0.15, 0.2) is 22.9 Å². The Kier molecular flexibility index (Phi) is 4.70. The number of hydrogen-bond acceptors (Lipinski definition) is 5. The van der Waals surface area contributed by atoms with Gasteiger partial charge in [0.2, 0.25) is 0 Å². The third kappa shape index (κ3) is 3.78. The lowest BCUT2D eigenvalue weighted by molar-refractivity contribution is 0.0691. The number of thiophene rings is 1. The highest BCUT2D eigenvalue weighted by Gasteiger charge is 2.12. The second-order valence-electron chi connectivity index (χ2n) is 4.03. The molecule has 2 aromatic heterocycles. The molecule has 106 valence electrons. The number of carbonyl (C=O) groups is 2. The molecule has 0 spiro atoms. The summed E-state index contributed by atoms with van der Waals surface area (Å²) in [5.41, 5.74) is 0.00573. The van der Waals surface area contributed by atoms with Crippen LogP contribution < -0.4 is 5.32 Å². The van der Waals surface area contributed by atoms with Crippen molar-refractivity contribution in [1.82, 2.24) is 15.2 Å². The van der Waals surface area contributed by atoms with Gasteiger partial charge in [-0.3, -0.25) is 0 Å². The Hall–Kier alpha value is -1.93. The summed E-state index contributed by atoms with van der Waals surface area (Å²) in [6.07, 6.45) is 0. The molecule has 2 rings (SSSR count). The van der Waals surface area contributed by atoms with Gasteiger partial charge < -0.3 is 15.3 Å². The summed E-state index contributed by atoms with van der Waals surface area (Å²) in [6, 6.07) is 3.69. The lowest BCUT2D eigenvalue weighted by Crippen LogP contribution is -2.36. The highest BCUT2D eigenvalue weighted by Crippen LogP contribution is 2.12. The van der Waals surface area contributed by atoms with Crippen molar-refractivity contribution >= 4 is 34.7 Å². The Balaban J connectivity index is 1.83. The Morgan fingerprint density at radius 2 is 2.25 bits per heavy atom. The zero-order valence-corrected chi connectivity index (χ0v) is 12.3. The summed E-state index contributed by atoms with van der Waals surface area (Å²) in [6.45, 7) is 0.771. The Bertz CT molecular complexity index is 595. The number of rotatable bonds is 5. The van der Waals surface area contributed by atoms with Gasteiger partial charge in [-0.1, -0.05) is 6.07 Å². The summed E-state index contributed by atoms with van der Waals surface area (Å²) in [5.74, 6) is -1.06. The molecule has 0 unspecified atom stereocenters. The number of hydrogen-bond donors (Lipinski definition) is 2. The molecule has 0 aliphatic heterocycles. The average Bonchev–Trinajstić information content (AvgIpc) is 3.06. The van der Waals surface area contributed by atoms with Crippen LogP contribution in [0, 0.1) is 0 Å². The highest BCUT2D eigenvalue weighted by molar-refractivity contribution is 7.10. The summed E-state index contributed by atoms with van der Waals surface area (Å²) in [5, 5.41) is 15.5. The number of thiazole rings is 1. The van der Waals surface area contributed by atoms with Crippen molar-refractivity contribution in [1.29, 1.82) is 0 Å². The van der Waals surface area contributed by atoms with Crippen LogP contribution in [0.25, 0.3) is 0 Å². The fourth-order valence-electron chi connectivity index (χ4n) is 1.48. The van der Waals surface area contributed by atoms with Crippen molar-refractivity contribution in [2.24, 2.45) is 0 Å². The third-order valence-corrected chi connectivity index (χ3v) is 4.19. The van der Waals surface area contributed by atoms with Crippen molar-refractivity contribution in [2.45, 2.75) is 13.1 Å². The monoisotopic (exact) mass is 311 g/mol. The number of nitrogens with zero attached hydrogens (tertiary/aromatic N) is 2.